The lowest BCUT2D eigenvalue weighted by atomic mass is 10.2. The molecular formula is C11H19BrN2OS. The number of hydrogen-bond donors (Lipinski definition) is 1. The summed E-state index contributed by atoms with van der Waals surface area (Å²) in [6.45, 7) is 8.89. The van der Waals surface area contributed by atoms with Crippen molar-refractivity contribution in [2.45, 2.75) is 26.8 Å². The van der Waals surface area contributed by atoms with E-state index in [1.165, 1.54) is 0 Å². The number of ether oxygens (including phenoxy) is 1. The van der Waals surface area contributed by atoms with Gasteiger partial charge >= 0.3 is 0 Å². The maximum Gasteiger partial charge on any atom is 0.110 e. The molecule has 0 spiro atoms. The zero-order valence-corrected chi connectivity index (χ0v) is 12.4. The maximum atomic E-state index is 5.50. The first-order valence-corrected chi connectivity index (χ1v) is 7.13. The zero-order chi connectivity index (χ0) is 12.0. The van der Waals surface area contributed by atoms with Crippen LogP contribution in [0.4, 0.5) is 0 Å². The van der Waals surface area contributed by atoms with Crippen molar-refractivity contribution < 1.29 is 4.74 Å². The van der Waals surface area contributed by atoms with Crippen molar-refractivity contribution in [3.05, 3.63) is 15.0 Å². The van der Waals surface area contributed by atoms with Crippen molar-refractivity contribution in [2.75, 3.05) is 19.8 Å². The SMILES string of the molecule is CC(C)COCCNC(C)c1ncc(Br)s1. The van der Waals surface area contributed by atoms with Gasteiger partial charge in [0.1, 0.15) is 5.01 Å². The molecule has 0 bridgehead atoms. The van der Waals surface area contributed by atoms with E-state index in [1.54, 1.807) is 11.3 Å². The molecule has 3 nitrogen and oxygen atoms in total. The lowest BCUT2D eigenvalue weighted by Crippen LogP contribution is -2.23. The van der Waals surface area contributed by atoms with Gasteiger partial charge in [0.05, 0.1) is 22.6 Å². The minimum atomic E-state index is 0.291. The summed E-state index contributed by atoms with van der Waals surface area (Å²) in [6.07, 6.45) is 1.84. The smallest absolute Gasteiger partial charge is 0.110 e. The van der Waals surface area contributed by atoms with Gasteiger partial charge in [-0.15, -0.1) is 11.3 Å². The molecule has 1 aromatic heterocycles. The van der Waals surface area contributed by atoms with Gasteiger partial charge in [-0.2, -0.15) is 0 Å². The molecular weight excluding hydrogens is 288 g/mol. The summed E-state index contributed by atoms with van der Waals surface area (Å²) < 4.78 is 6.57. The number of hydrogen-bond acceptors (Lipinski definition) is 4. The van der Waals surface area contributed by atoms with Gasteiger partial charge in [0.2, 0.25) is 0 Å². The Balaban J connectivity index is 2.13. The summed E-state index contributed by atoms with van der Waals surface area (Å²) >= 11 is 5.08. The van der Waals surface area contributed by atoms with Crippen LogP contribution in [0.1, 0.15) is 31.8 Å². The van der Waals surface area contributed by atoms with Crippen LogP contribution in [0.2, 0.25) is 0 Å². The summed E-state index contributed by atoms with van der Waals surface area (Å²) in [5, 5.41) is 4.50. The lowest BCUT2D eigenvalue weighted by molar-refractivity contribution is 0.110. The zero-order valence-electron chi connectivity index (χ0n) is 10.00. The summed E-state index contributed by atoms with van der Waals surface area (Å²) in [7, 11) is 0. The molecule has 5 heteroatoms. The molecule has 0 radical (unpaired) electrons. The minimum absolute atomic E-state index is 0.291. The molecule has 0 aliphatic rings. The van der Waals surface area contributed by atoms with Crippen molar-refractivity contribution in [1.82, 2.24) is 10.3 Å². The molecule has 1 heterocycles. The Morgan fingerprint density at radius 3 is 2.81 bits per heavy atom. The highest BCUT2D eigenvalue weighted by molar-refractivity contribution is 9.11. The van der Waals surface area contributed by atoms with E-state index in [4.69, 9.17) is 4.74 Å². The first kappa shape index (κ1) is 14.1. The van der Waals surface area contributed by atoms with Crippen LogP contribution < -0.4 is 5.32 Å². The average molecular weight is 307 g/mol. The predicted molar refractivity (Wildman–Crippen MR) is 71.9 cm³/mol. The van der Waals surface area contributed by atoms with Crippen molar-refractivity contribution in [1.29, 1.82) is 0 Å². The van der Waals surface area contributed by atoms with E-state index in [9.17, 15) is 0 Å². The van der Waals surface area contributed by atoms with Crippen LogP contribution in [0.15, 0.2) is 9.98 Å². The normalized spacial score (nSPS) is 13.3. The molecule has 0 aromatic carbocycles. The fourth-order valence-electron chi connectivity index (χ4n) is 1.22. The summed E-state index contributed by atoms with van der Waals surface area (Å²) in [6, 6.07) is 0.291. The van der Waals surface area contributed by atoms with Gasteiger partial charge in [-0.1, -0.05) is 13.8 Å². The van der Waals surface area contributed by atoms with Crippen molar-refractivity contribution >= 4 is 27.3 Å². The monoisotopic (exact) mass is 306 g/mol. The number of aromatic nitrogens is 1. The number of thiazole rings is 1. The average Bonchev–Trinajstić information content (AvgIpc) is 2.63. The van der Waals surface area contributed by atoms with E-state index in [2.05, 4.69) is 47.0 Å². The van der Waals surface area contributed by atoms with E-state index in [0.29, 0.717) is 12.0 Å². The quantitative estimate of drug-likeness (QED) is 0.785. The molecule has 1 atom stereocenters. The third-order valence-electron chi connectivity index (χ3n) is 2.01. The van der Waals surface area contributed by atoms with Crippen LogP contribution in [-0.4, -0.2) is 24.7 Å². The van der Waals surface area contributed by atoms with Crippen LogP contribution >= 0.6 is 27.3 Å². The fourth-order valence-corrected chi connectivity index (χ4v) is 2.49. The number of nitrogens with zero attached hydrogens (tertiary/aromatic N) is 1. The summed E-state index contributed by atoms with van der Waals surface area (Å²) in [5.74, 6) is 0.604. The Labute approximate surface area is 110 Å². The third-order valence-corrected chi connectivity index (χ3v) is 3.67. The minimum Gasteiger partial charge on any atom is -0.380 e. The van der Waals surface area contributed by atoms with E-state index in [1.807, 2.05) is 6.20 Å². The Morgan fingerprint density at radius 1 is 1.50 bits per heavy atom. The Kier molecular flexibility index (Phi) is 6.49. The third kappa shape index (κ3) is 5.39. The standard InChI is InChI=1S/C11H19BrN2OS/c1-8(2)7-15-5-4-13-9(3)11-14-6-10(12)16-11/h6,8-9,13H,4-5,7H2,1-3H3. The van der Waals surface area contributed by atoms with Gasteiger partial charge in [0.15, 0.2) is 0 Å². The molecule has 1 aromatic rings. The van der Waals surface area contributed by atoms with Crippen LogP contribution in [0.5, 0.6) is 0 Å². The summed E-state index contributed by atoms with van der Waals surface area (Å²) in [5.41, 5.74) is 0. The van der Waals surface area contributed by atoms with Crippen molar-refractivity contribution in [3.63, 3.8) is 0 Å². The van der Waals surface area contributed by atoms with Crippen LogP contribution in [0.25, 0.3) is 0 Å². The Morgan fingerprint density at radius 2 is 2.25 bits per heavy atom. The molecule has 1 unspecified atom stereocenters. The number of rotatable bonds is 7. The summed E-state index contributed by atoms with van der Waals surface area (Å²) in [4.78, 5) is 4.31. The first-order chi connectivity index (χ1) is 7.59. The molecule has 0 amide bonds. The largest absolute Gasteiger partial charge is 0.380 e. The molecule has 92 valence electrons. The van der Waals surface area contributed by atoms with E-state index >= 15 is 0 Å². The molecule has 16 heavy (non-hydrogen) atoms. The molecule has 1 rings (SSSR count). The highest BCUT2D eigenvalue weighted by Gasteiger charge is 2.08. The highest BCUT2D eigenvalue weighted by Crippen LogP contribution is 2.23. The lowest BCUT2D eigenvalue weighted by Gasteiger charge is -2.11. The van der Waals surface area contributed by atoms with Crippen LogP contribution in [-0.2, 0) is 4.74 Å². The highest BCUT2D eigenvalue weighted by atomic mass is 79.9. The van der Waals surface area contributed by atoms with Crippen molar-refractivity contribution in [2.24, 2.45) is 5.92 Å². The van der Waals surface area contributed by atoms with Gasteiger partial charge in [0.25, 0.3) is 0 Å². The first-order valence-electron chi connectivity index (χ1n) is 5.52. The number of halogens is 1. The van der Waals surface area contributed by atoms with E-state index in [-0.39, 0.29) is 0 Å². The van der Waals surface area contributed by atoms with Gasteiger partial charge < -0.3 is 10.1 Å². The second-order valence-corrected chi connectivity index (χ2v) is 6.59. The van der Waals surface area contributed by atoms with Crippen LogP contribution in [0.3, 0.4) is 0 Å². The Bertz CT molecular complexity index is 304. The van der Waals surface area contributed by atoms with Gasteiger partial charge in [-0.25, -0.2) is 4.98 Å². The topological polar surface area (TPSA) is 34.1 Å². The Hall–Kier alpha value is 0.0300. The number of nitrogens with one attached hydrogen (secondary N) is 1. The van der Waals surface area contributed by atoms with Gasteiger partial charge in [-0.3, -0.25) is 0 Å². The van der Waals surface area contributed by atoms with Gasteiger partial charge in [-0.05, 0) is 28.8 Å². The van der Waals surface area contributed by atoms with Crippen LogP contribution in [0, 0.1) is 5.92 Å². The van der Waals surface area contributed by atoms with Gasteiger partial charge in [0, 0.05) is 13.2 Å². The van der Waals surface area contributed by atoms with E-state index in [0.717, 1.165) is 28.6 Å². The molecule has 0 saturated heterocycles. The molecule has 0 aliphatic heterocycles. The van der Waals surface area contributed by atoms with E-state index < -0.39 is 0 Å². The van der Waals surface area contributed by atoms with Crippen molar-refractivity contribution in [3.8, 4) is 0 Å². The molecule has 0 saturated carbocycles. The predicted octanol–water partition coefficient (Wildman–Crippen LogP) is 3.23. The second-order valence-electron chi connectivity index (χ2n) is 4.15. The molecule has 0 fully saturated rings. The molecule has 0 aliphatic carbocycles. The second kappa shape index (κ2) is 7.37. The fraction of sp³-hybridized carbons (Fsp3) is 0.727. The molecule has 1 N–H and O–H groups in total. The maximum absolute atomic E-state index is 5.50.